The molecule has 0 radical (unpaired) electrons. The Balaban J connectivity index is 1.23. The van der Waals surface area contributed by atoms with Crippen molar-refractivity contribution in [2.45, 2.75) is 11.3 Å². The Morgan fingerprint density at radius 3 is 2.05 bits per heavy atom. The maximum atomic E-state index is 13.0. The number of carbonyl (C=O) groups is 2. The fraction of sp³-hybridized carbons (Fsp3) is 0.0741. The number of nitrogens with one attached hydrogen (secondary N) is 1. The van der Waals surface area contributed by atoms with Gasteiger partial charge in [-0.25, -0.2) is 4.83 Å². The molecular weight excluding hydrogens is 508 g/mol. The first-order valence-corrected chi connectivity index (χ1v) is 13.0. The summed E-state index contributed by atoms with van der Waals surface area (Å²) in [5.74, 6) is -0.706. The largest absolute Gasteiger partial charge is 0.276 e. The van der Waals surface area contributed by atoms with Crippen molar-refractivity contribution in [3.63, 3.8) is 0 Å². The second-order valence-electron chi connectivity index (χ2n) is 8.57. The van der Waals surface area contributed by atoms with Gasteiger partial charge in [0.05, 0.1) is 16.0 Å². The van der Waals surface area contributed by atoms with Crippen molar-refractivity contribution in [1.29, 1.82) is 0 Å². The third-order valence-corrected chi connectivity index (χ3v) is 7.44. The van der Waals surface area contributed by atoms with E-state index >= 15 is 0 Å². The Hall–Kier alpha value is -4.90. The Labute approximate surface area is 217 Å². The van der Waals surface area contributed by atoms with E-state index in [0.29, 0.717) is 28.5 Å². The number of rotatable bonds is 8. The molecule has 190 valence electrons. The van der Waals surface area contributed by atoms with Gasteiger partial charge in [-0.1, -0.05) is 36.4 Å². The molecule has 0 saturated heterocycles. The number of nitro benzene ring substituents is 1. The summed E-state index contributed by atoms with van der Waals surface area (Å²) in [6.45, 7) is 0.145. The van der Waals surface area contributed by atoms with Gasteiger partial charge in [0.25, 0.3) is 27.5 Å². The van der Waals surface area contributed by atoms with Gasteiger partial charge in [0.1, 0.15) is 0 Å². The van der Waals surface area contributed by atoms with E-state index in [0.717, 1.165) is 10.9 Å². The molecule has 5 rings (SSSR count). The zero-order chi connectivity index (χ0) is 26.9. The van der Waals surface area contributed by atoms with Gasteiger partial charge in [-0.2, -0.15) is 13.5 Å². The summed E-state index contributed by atoms with van der Waals surface area (Å²) in [7, 11) is -3.95. The summed E-state index contributed by atoms with van der Waals surface area (Å²) >= 11 is 0. The van der Waals surface area contributed by atoms with Gasteiger partial charge < -0.3 is 0 Å². The minimum atomic E-state index is -3.95. The molecule has 4 aromatic rings. The molecule has 4 aromatic carbocycles. The maximum Gasteiger partial charge on any atom is 0.276 e. The number of nitro groups is 1. The van der Waals surface area contributed by atoms with Gasteiger partial charge >= 0.3 is 0 Å². The number of non-ortho nitro benzene ring substituents is 1. The standard InChI is InChI=1S/C27H20N4O6S/c32-26-23-5-1-3-20-4-2-6-24(25(20)23)27(33)30(26)16-15-18-9-13-22(14-10-18)38(36,37)29-28-17-19-7-11-21(12-8-19)31(34)35/h1-14,17,29H,15-16H2/b28-17+. The van der Waals surface area contributed by atoms with E-state index in [1.807, 2.05) is 12.1 Å². The quantitative estimate of drug-likeness (QED) is 0.159. The Bertz CT molecular complexity index is 1660. The number of benzene rings is 4. The van der Waals surface area contributed by atoms with Crippen LogP contribution in [0.5, 0.6) is 0 Å². The van der Waals surface area contributed by atoms with E-state index in [9.17, 15) is 28.1 Å². The molecule has 1 N–H and O–H groups in total. The summed E-state index contributed by atoms with van der Waals surface area (Å²) in [6, 6.07) is 22.3. The number of hydrogen-bond donors (Lipinski definition) is 1. The number of carbonyl (C=O) groups excluding carboxylic acids is 2. The lowest BCUT2D eigenvalue weighted by atomic mass is 9.94. The molecule has 1 heterocycles. The number of nitrogens with zero attached hydrogens (tertiary/aromatic N) is 3. The van der Waals surface area contributed by atoms with Crippen molar-refractivity contribution in [3.05, 3.63) is 117 Å². The molecule has 38 heavy (non-hydrogen) atoms. The molecule has 0 fully saturated rings. The predicted octanol–water partition coefficient (Wildman–Crippen LogP) is 3.90. The average molecular weight is 529 g/mol. The first-order valence-electron chi connectivity index (χ1n) is 11.5. The van der Waals surface area contributed by atoms with Crippen molar-refractivity contribution in [1.82, 2.24) is 9.73 Å². The smallest absolute Gasteiger partial charge is 0.274 e. The molecule has 11 heteroatoms. The minimum Gasteiger partial charge on any atom is -0.274 e. The summed E-state index contributed by atoms with van der Waals surface area (Å²) < 4.78 is 25.1. The lowest BCUT2D eigenvalue weighted by Crippen LogP contribution is -2.41. The number of imide groups is 1. The summed E-state index contributed by atoms with van der Waals surface area (Å²) in [4.78, 5) is 39.6. The second-order valence-corrected chi connectivity index (χ2v) is 10.2. The van der Waals surface area contributed by atoms with Crippen LogP contribution in [0.3, 0.4) is 0 Å². The maximum absolute atomic E-state index is 13.0. The Morgan fingerprint density at radius 1 is 0.868 bits per heavy atom. The highest BCUT2D eigenvalue weighted by atomic mass is 32.2. The zero-order valence-electron chi connectivity index (χ0n) is 19.8. The third-order valence-electron chi connectivity index (χ3n) is 6.20. The molecule has 1 aliphatic heterocycles. The molecule has 0 aromatic heterocycles. The number of hydrogen-bond acceptors (Lipinski definition) is 7. The molecule has 0 spiro atoms. The third kappa shape index (κ3) is 4.74. The van der Waals surface area contributed by atoms with Gasteiger partial charge in [0.15, 0.2) is 0 Å². The minimum absolute atomic E-state index is 0.0205. The molecule has 0 bridgehead atoms. The molecule has 0 unspecified atom stereocenters. The topological polar surface area (TPSA) is 139 Å². The van der Waals surface area contributed by atoms with Gasteiger partial charge in [0, 0.05) is 35.2 Å². The van der Waals surface area contributed by atoms with Gasteiger partial charge in [0.2, 0.25) is 0 Å². The number of hydrazone groups is 1. The summed E-state index contributed by atoms with van der Waals surface area (Å²) in [5, 5.41) is 15.9. The first-order chi connectivity index (χ1) is 18.2. The van der Waals surface area contributed by atoms with Crippen molar-refractivity contribution < 1.29 is 22.9 Å². The molecule has 0 aliphatic carbocycles. The fourth-order valence-corrected chi connectivity index (χ4v) is 5.06. The lowest BCUT2D eigenvalue weighted by Gasteiger charge is -2.27. The Morgan fingerprint density at radius 2 is 1.47 bits per heavy atom. The van der Waals surface area contributed by atoms with Crippen LogP contribution in [0.4, 0.5) is 5.69 Å². The highest BCUT2D eigenvalue weighted by Crippen LogP contribution is 2.30. The Kier molecular flexibility index (Phi) is 6.43. The van der Waals surface area contributed by atoms with Gasteiger partial charge in [-0.3, -0.25) is 24.6 Å². The molecule has 2 amide bonds. The normalized spacial score (nSPS) is 13.3. The average Bonchev–Trinajstić information content (AvgIpc) is 2.92. The molecule has 0 atom stereocenters. The predicted molar refractivity (Wildman–Crippen MR) is 140 cm³/mol. The van der Waals surface area contributed by atoms with E-state index in [4.69, 9.17) is 0 Å². The van der Waals surface area contributed by atoms with Crippen molar-refractivity contribution >= 4 is 44.5 Å². The van der Waals surface area contributed by atoms with Crippen molar-refractivity contribution in [2.75, 3.05) is 6.54 Å². The SMILES string of the molecule is O=C1c2cccc3cccc(c23)C(=O)N1CCc1ccc(S(=O)(=O)N/N=C/c2ccc([N+](=O)[O-])cc2)cc1. The first kappa shape index (κ1) is 24.8. The molecule has 0 saturated carbocycles. The lowest BCUT2D eigenvalue weighted by molar-refractivity contribution is -0.384. The number of amides is 2. The molecule has 10 nitrogen and oxygen atoms in total. The second kappa shape index (κ2) is 9.87. The van der Waals surface area contributed by atoms with Crippen molar-refractivity contribution in [3.8, 4) is 0 Å². The monoisotopic (exact) mass is 528 g/mol. The molecule has 1 aliphatic rings. The van der Waals surface area contributed by atoms with Crippen LogP contribution in [0, 0.1) is 10.1 Å². The summed E-state index contributed by atoms with van der Waals surface area (Å²) in [5.41, 5.74) is 2.11. The van der Waals surface area contributed by atoms with Crippen molar-refractivity contribution in [2.24, 2.45) is 5.10 Å². The van der Waals surface area contributed by atoms with Crippen LogP contribution in [0.25, 0.3) is 10.8 Å². The highest BCUT2D eigenvalue weighted by molar-refractivity contribution is 7.89. The van der Waals surface area contributed by atoms with Crippen LogP contribution >= 0.6 is 0 Å². The zero-order valence-corrected chi connectivity index (χ0v) is 20.6. The highest BCUT2D eigenvalue weighted by Gasteiger charge is 2.32. The van der Waals surface area contributed by atoms with Gasteiger partial charge in [-0.05, 0) is 59.3 Å². The van der Waals surface area contributed by atoms with Crippen LogP contribution in [0.15, 0.2) is 94.9 Å². The number of sulfonamides is 1. The van der Waals surface area contributed by atoms with Crippen LogP contribution in [0.2, 0.25) is 0 Å². The van der Waals surface area contributed by atoms with Crippen LogP contribution in [-0.4, -0.2) is 42.8 Å². The van der Waals surface area contributed by atoms with Gasteiger partial charge in [-0.15, -0.1) is 0 Å². The van der Waals surface area contributed by atoms with E-state index < -0.39 is 14.9 Å². The van der Waals surface area contributed by atoms with E-state index in [1.165, 1.54) is 47.5 Å². The molecular formula is C27H20N4O6S. The fourth-order valence-electron chi connectivity index (χ4n) is 4.26. The van der Waals surface area contributed by atoms with Crippen LogP contribution in [0.1, 0.15) is 31.8 Å². The van der Waals surface area contributed by atoms with E-state index in [1.54, 1.807) is 36.4 Å². The summed E-state index contributed by atoms with van der Waals surface area (Å²) in [6.07, 6.45) is 1.59. The van der Waals surface area contributed by atoms with Crippen LogP contribution < -0.4 is 4.83 Å². The van der Waals surface area contributed by atoms with Crippen LogP contribution in [-0.2, 0) is 16.4 Å². The van der Waals surface area contributed by atoms with E-state index in [2.05, 4.69) is 9.93 Å². The van der Waals surface area contributed by atoms with E-state index in [-0.39, 0.29) is 28.9 Å².